The van der Waals surface area contributed by atoms with Crippen LogP contribution in [-0.4, -0.2) is 24.1 Å². The number of rotatable bonds is 4. The van der Waals surface area contributed by atoms with E-state index in [2.05, 4.69) is 5.32 Å². The molecule has 0 aromatic heterocycles. The lowest BCUT2D eigenvalue weighted by atomic mass is 10.1. The molecule has 0 radical (unpaired) electrons. The van der Waals surface area contributed by atoms with Gasteiger partial charge < -0.3 is 10.1 Å². The molecule has 5 nitrogen and oxygen atoms in total. The van der Waals surface area contributed by atoms with Gasteiger partial charge in [0.25, 0.3) is 5.69 Å². The minimum atomic E-state index is -0.513. The number of ether oxygens (including phenoxy) is 1. The van der Waals surface area contributed by atoms with Gasteiger partial charge in [-0.15, -0.1) is 0 Å². The highest BCUT2D eigenvalue weighted by Gasteiger charge is 2.18. The molecule has 6 heteroatoms. The van der Waals surface area contributed by atoms with Crippen LogP contribution in [0.2, 0.25) is 0 Å². The maximum Gasteiger partial charge on any atom is 0.275 e. The summed E-state index contributed by atoms with van der Waals surface area (Å²) >= 11 is 0. The second kappa shape index (κ2) is 5.88. The van der Waals surface area contributed by atoms with Crippen molar-refractivity contribution < 1.29 is 14.1 Å². The van der Waals surface area contributed by atoms with Crippen LogP contribution in [0, 0.1) is 15.9 Å². The van der Waals surface area contributed by atoms with Crippen molar-refractivity contribution in [3.05, 3.63) is 39.7 Å². The molecule has 0 atom stereocenters. The minimum Gasteiger partial charge on any atom is -0.373 e. The standard InChI is InChI=1S/C12H15FN2O3/c13-10-1-2-12(15(16)17)9(7-10)8-18-11-3-5-14-6-4-11/h1-2,7,11,14H,3-6,8H2. The Morgan fingerprint density at radius 2 is 2.17 bits per heavy atom. The van der Waals surface area contributed by atoms with Crippen molar-refractivity contribution in [2.75, 3.05) is 13.1 Å². The zero-order valence-electron chi connectivity index (χ0n) is 9.89. The van der Waals surface area contributed by atoms with Gasteiger partial charge in [-0.25, -0.2) is 4.39 Å². The molecule has 98 valence electrons. The van der Waals surface area contributed by atoms with Crippen molar-refractivity contribution >= 4 is 5.69 Å². The average molecular weight is 254 g/mol. The SMILES string of the molecule is O=[N+]([O-])c1ccc(F)cc1COC1CCNCC1. The third-order valence-electron chi connectivity index (χ3n) is 3.00. The van der Waals surface area contributed by atoms with E-state index in [0.29, 0.717) is 5.56 Å². The zero-order chi connectivity index (χ0) is 13.0. The summed E-state index contributed by atoms with van der Waals surface area (Å²) in [6, 6.07) is 3.43. The Kier molecular flexibility index (Phi) is 4.22. The Morgan fingerprint density at radius 1 is 1.44 bits per heavy atom. The summed E-state index contributed by atoms with van der Waals surface area (Å²) in [4.78, 5) is 10.3. The maximum absolute atomic E-state index is 13.1. The number of hydrogen-bond acceptors (Lipinski definition) is 4. The van der Waals surface area contributed by atoms with Gasteiger partial charge in [0.15, 0.2) is 0 Å². The van der Waals surface area contributed by atoms with Gasteiger partial charge in [-0.05, 0) is 38.1 Å². The number of nitrogens with one attached hydrogen (secondary N) is 1. The fourth-order valence-corrected chi connectivity index (χ4v) is 2.02. The van der Waals surface area contributed by atoms with Gasteiger partial charge in [-0.3, -0.25) is 10.1 Å². The molecule has 1 N–H and O–H groups in total. The Balaban J connectivity index is 2.03. The zero-order valence-corrected chi connectivity index (χ0v) is 9.89. The lowest BCUT2D eigenvalue weighted by Gasteiger charge is -2.22. The van der Waals surface area contributed by atoms with E-state index in [1.807, 2.05) is 0 Å². The van der Waals surface area contributed by atoms with Gasteiger partial charge in [0.2, 0.25) is 0 Å². The van der Waals surface area contributed by atoms with Gasteiger partial charge >= 0.3 is 0 Å². The van der Waals surface area contributed by atoms with Crippen LogP contribution in [0.1, 0.15) is 18.4 Å². The van der Waals surface area contributed by atoms with Gasteiger partial charge in [-0.2, -0.15) is 0 Å². The first-order valence-corrected chi connectivity index (χ1v) is 5.92. The van der Waals surface area contributed by atoms with Crippen LogP contribution in [0.25, 0.3) is 0 Å². The first-order chi connectivity index (χ1) is 8.66. The van der Waals surface area contributed by atoms with Crippen LogP contribution in [-0.2, 0) is 11.3 Å². The molecule has 0 unspecified atom stereocenters. The van der Waals surface area contributed by atoms with Crippen LogP contribution in [0.15, 0.2) is 18.2 Å². The van der Waals surface area contributed by atoms with Crippen molar-refractivity contribution in [1.29, 1.82) is 0 Å². The molecule has 1 aromatic carbocycles. The van der Waals surface area contributed by atoms with Gasteiger partial charge in [0.05, 0.1) is 23.2 Å². The molecule has 1 aliphatic heterocycles. The molecule has 1 fully saturated rings. The Labute approximate surface area is 104 Å². The Bertz CT molecular complexity index is 433. The van der Waals surface area contributed by atoms with E-state index in [9.17, 15) is 14.5 Å². The Morgan fingerprint density at radius 3 is 2.83 bits per heavy atom. The third-order valence-corrected chi connectivity index (χ3v) is 3.00. The Hall–Kier alpha value is -1.53. The summed E-state index contributed by atoms with van der Waals surface area (Å²) in [6.45, 7) is 1.85. The summed E-state index contributed by atoms with van der Waals surface area (Å²) in [7, 11) is 0. The predicted octanol–water partition coefficient (Wildman–Crippen LogP) is 2.00. The molecule has 0 amide bonds. The number of nitro benzene ring substituents is 1. The first kappa shape index (κ1) is 12.9. The molecule has 1 aliphatic rings. The molecule has 0 spiro atoms. The first-order valence-electron chi connectivity index (χ1n) is 5.92. The second-order valence-electron chi connectivity index (χ2n) is 4.29. The summed E-state index contributed by atoms with van der Waals surface area (Å²) < 4.78 is 18.7. The smallest absolute Gasteiger partial charge is 0.275 e. The number of benzene rings is 1. The summed E-state index contributed by atoms with van der Waals surface area (Å²) in [5, 5.41) is 14.0. The van der Waals surface area contributed by atoms with Crippen molar-refractivity contribution in [2.45, 2.75) is 25.6 Å². The minimum absolute atomic E-state index is 0.0821. The van der Waals surface area contributed by atoms with Crippen molar-refractivity contribution in [1.82, 2.24) is 5.32 Å². The monoisotopic (exact) mass is 254 g/mol. The van der Waals surface area contributed by atoms with Crippen LogP contribution in [0.5, 0.6) is 0 Å². The molecule has 1 heterocycles. The van der Waals surface area contributed by atoms with E-state index < -0.39 is 10.7 Å². The topological polar surface area (TPSA) is 64.4 Å². The highest BCUT2D eigenvalue weighted by molar-refractivity contribution is 5.39. The van der Waals surface area contributed by atoms with Crippen LogP contribution < -0.4 is 5.32 Å². The number of piperidine rings is 1. The van der Waals surface area contributed by atoms with Crippen LogP contribution in [0.4, 0.5) is 10.1 Å². The van der Waals surface area contributed by atoms with E-state index in [1.54, 1.807) is 0 Å². The number of nitro groups is 1. The van der Waals surface area contributed by atoms with E-state index in [0.717, 1.165) is 32.0 Å². The number of nitrogens with zero attached hydrogens (tertiary/aromatic N) is 1. The number of halogens is 1. The van der Waals surface area contributed by atoms with Crippen molar-refractivity contribution in [3.63, 3.8) is 0 Å². The summed E-state index contributed by atoms with van der Waals surface area (Å²) in [6.07, 6.45) is 1.85. The fourth-order valence-electron chi connectivity index (χ4n) is 2.02. The van der Waals surface area contributed by atoms with Gasteiger partial charge in [0.1, 0.15) is 5.82 Å². The highest BCUT2D eigenvalue weighted by atomic mass is 19.1. The van der Waals surface area contributed by atoms with E-state index in [4.69, 9.17) is 4.74 Å². The lowest BCUT2D eigenvalue weighted by Crippen LogP contribution is -2.32. The normalized spacial score (nSPS) is 16.7. The largest absolute Gasteiger partial charge is 0.373 e. The summed E-state index contributed by atoms with van der Waals surface area (Å²) in [5.41, 5.74) is 0.198. The molecular weight excluding hydrogens is 239 g/mol. The third kappa shape index (κ3) is 3.24. The van der Waals surface area contributed by atoms with Crippen LogP contribution >= 0.6 is 0 Å². The van der Waals surface area contributed by atoms with Crippen LogP contribution in [0.3, 0.4) is 0 Å². The van der Waals surface area contributed by atoms with Crippen molar-refractivity contribution in [2.24, 2.45) is 0 Å². The highest BCUT2D eigenvalue weighted by Crippen LogP contribution is 2.21. The van der Waals surface area contributed by atoms with E-state index in [1.165, 1.54) is 12.1 Å². The summed E-state index contributed by atoms with van der Waals surface area (Å²) in [5.74, 6) is -0.482. The average Bonchev–Trinajstić information content (AvgIpc) is 2.37. The molecule has 1 saturated heterocycles. The fraction of sp³-hybridized carbons (Fsp3) is 0.500. The molecule has 0 bridgehead atoms. The second-order valence-corrected chi connectivity index (χ2v) is 4.29. The quantitative estimate of drug-likeness (QED) is 0.659. The van der Waals surface area contributed by atoms with Gasteiger partial charge in [-0.1, -0.05) is 0 Å². The molecule has 18 heavy (non-hydrogen) atoms. The molecule has 2 rings (SSSR count). The van der Waals surface area contributed by atoms with Gasteiger partial charge in [0, 0.05) is 6.07 Å². The van der Waals surface area contributed by atoms with E-state index >= 15 is 0 Å². The molecular formula is C12H15FN2O3. The molecule has 0 saturated carbocycles. The van der Waals surface area contributed by atoms with E-state index in [-0.39, 0.29) is 18.4 Å². The lowest BCUT2D eigenvalue weighted by molar-refractivity contribution is -0.386. The molecule has 0 aliphatic carbocycles. The number of hydrogen-bond donors (Lipinski definition) is 1. The predicted molar refractivity (Wildman–Crippen MR) is 63.7 cm³/mol. The van der Waals surface area contributed by atoms with Crippen molar-refractivity contribution in [3.8, 4) is 0 Å². The maximum atomic E-state index is 13.1. The molecule has 1 aromatic rings.